The van der Waals surface area contributed by atoms with Gasteiger partial charge in [0.25, 0.3) is 5.13 Å². The Morgan fingerprint density at radius 3 is 1.40 bits per heavy atom. The van der Waals surface area contributed by atoms with E-state index in [2.05, 4.69) is 78.6 Å². The van der Waals surface area contributed by atoms with Gasteiger partial charge in [0.1, 0.15) is 5.01 Å². The molecule has 53 heavy (non-hydrogen) atoms. The Kier molecular flexibility index (Phi) is 13.6. The van der Waals surface area contributed by atoms with Crippen molar-refractivity contribution in [3.05, 3.63) is 72.8 Å². The van der Waals surface area contributed by atoms with Crippen molar-refractivity contribution < 1.29 is 9.59 Å². The number of unbranched alkanes of at least 4 members (excludes halogenated alkanes) is 4. The molecule has 2 fully saturated rings. The molecule has 0 N–H and O–H groups in total. The summed E-state index contributed by atoms with van der Waals surface area (Å²) in [5.74, 6) is 0.561. The van der Waals surface area contributed by atoms with Crippen molar-refractivity contribution in [3.63, 3.8) is 0 Å². The van der Waals surface area contributed by atoms with Crippen LogP contribution in [0.3, 0.4) is 0 Å². The van der Waals surface area contributed by atoms with E-state index < -0.39 is 0 Å². The molecule has 6 rings (SSSR count). The molecule has 278 valence electrons. The summed E-state index contributed by atoms with van der Waals surface area (Å²) in [7, 11) is 0. The Bertz CT molecular complexity index is 1810. The first kappa shape index (κ1) is 37.7. The Hall–Kier alpha value is -5.04. The average Bonchev–Trinajstić information content (AvgIpc) is 3.69. The van der Waals surface area contributed by atoms with Crippen LogP contribution in [0.25, 0.3) is 10.6 Å². The van der Waals surface area contributed by atoms with Gasteiger partial charge in [-0.25, -0.2) is 0 Å². The fourth-order valence-electron chi connectivity index (χ4n) is 6.52. The quantitative estimate of drug-likeness (QED) is 0.0886. The van der Waals surface area contributed by atoms with Crippen molar-refractivity contribution in [2.45, 2.75) is 65.2 Å². The van der Waals surface area contributed by atoms with Crippen molar-refractivity contribution in [2.24, 2.45) is 20.5 Å². The van der Waals surface area contributed by atoms with Crippen molar-refractivity contribution in [2.75, 3.05) is 62.2 Å². The van der Waals surface area contributed by atoms with Crippen LogP contribution in [0.2, 0.25) is 0 Å². The first-order valence-electron chi connectivity index (χ1n) is 19.0. The molecule has 1 aromatic heterocycles. The molecular weight excluding hydrogens is 685 g/mol. The molecule has 0 bridgehead atoms. The van der Waals surface area contributed by atoms with E-state index in [9.17, 15) is 9.59 Å². The first-order chi connectivity index (χ1) is 26.0. The van der Waals surface area contributed by atoms with Gasteiger partial charge in [-0.3, -0.25) is 9.59 Å². The number of carbonyl (C=O) groups is 2. The average molecular weight is 735 g/mol. The molecule has 0 unspecified atom stereocenters. The third kappa shape index (κ3) is 10.8. The summed E-state index contributed by atoms with van der Waals surface area (Å²) in [6.45, 7) is 10.7. The normalized spacial score (nSPS) is 15.2. The summed E-state index contributed by atoms with van der Waals surface area (Å²) < 4.78 is 0. The van der Waals surface area contributed by atoms with Gasteiger partial charge in [0.05, 0.1) is 17.1 Å². The number of hydrogen-bond donors (Lipinski definition) is 0. The zero-order valence-corrected chi connectivity index (χ0v) is 31.8. The van der Waals surface area contributed by atoms with Crippen LogP contribution in [0.5, 0.6) is 0 Å². The van der Waals surface area contributed by atoms with Gasteiger partial charge in [0, 0.05) is 82.1 Å². The van der Waals surface area contributed by atoms with Crippen LogP contribution in [0.4, 0.5) is 33.6 Å². The van der Waals surface area contributed by atoms with Gasteiger partial charge in [-0.1, -0.05) is 50.9 Å². The number of benzene rings is 3. The second-order valence-electron chi connectivity index (χ2n) is 13.5. The van der Waals surface area contributed by atoms with E-state index in [4.69, 9.17) is 0 Å². The maximum Gasteiger partial charge on any atom is 0.252 e. The maximum absolute atomic E-state index is 12.5. The summed E-state index contributed by atoms with van der Waals surface area (Å²) in [5.41, 5.74) is 5.43. The number of aromatic nitrogens is 2. The largest absolute Gasteiger partial charge is 0.368 e. The summed E-state index contributed by atoms with van der Waals surface area (Å²) in [6.07, 6.45) is 7.77. The highest BCUT2D eigenvalue weighted by Crippen LogP contribution is 2.31. The van der Waals surface area contributed by atoms with Crippen molar-refractivity contribution >= 4 is 56.7 Å². The summed E-state index contributed by atoms with van der Waals surface area (Å²) in [4.78, 5) is 33.5. The lowest BCUT2D eigenvalue weighted by atomic mass is 10.1. The highest BCUT2D eigenvalue weighted by molar-refractivity contribution is 7.18. The van der Waals surface area contributed by atoms with Crippen LogP contribution in [0.1, 0.15) is 65.2 Å². The molecule has 2 aliphatic heterocycles. The molecule has 0 atom stereocenters. The smallest absolute Gasteiger partial charge is 0.252 e. The van der Waals surface area contributed by atoms with E-state index in [-0.39, 0.29) is 11.8 Å². The molecule has 2 saturated heterocycles. The van der Waals surface area contributed by atoms with Crippen molar-refractivity contribution in [1.82, 2.24) is 20.0 Å². The molecule has 4 aromatic rings. The SMILES string of the molecule is CCCCCC(=O)N1CCN(c2ccc(N=Nc3ccc(-c4nnc(N=Nc5ccc(N6CCN(C(=O)CCCCC)CC6)cc5)s4)cc3)cc2)CC1. The molecule has 3 heterocycles. The summed E-state index contributed by atoms with van der Waals surface area (Å²) >= 11 is 1.37. The lowest BCUT2D eigenvalue weighted by molar-refractivity contribution is -0.132. The van der Waals surface area contributed by atoms with Gasteiger partial charge in [0.15, 0.2) is 0 Å². The zero-order chi connectivity index (χ0) is 36.8. The molecule has 0 spiro atoms. The lowest BCUT2D eigenvalue weighted by Crippen LogP contribution is -2.48. The first-order valence-corrected chi connectivity index (χ1v) is 19.8. The number of rotatable bonds is 15. The number of piperazine rings is 2. The zero-order valence-electron chi connectivity index (χ0n) is 30.9. The predicted molar refractivity (Wildman–Crippen MR) is 212 cm³/mol. The number of azo groups is 2. The van der Waals surface area contributed by atoms with E-state index in [1.165, 1.54) is 11.3 Å². The summed E-state index contributed by atoms with van der Waals surface area (Å²) in [5, 5.41) is 27.3. The van der Waals surface area contributed by atoms with Crippen LogP contribution in [-0.2, 0) is 9.59 Å². The third-order valence-corrected chi connectivity index (χ3v) is 10.6. The van der Waals surface area contributed by atoms with Gasteiger partial charge in [0.2, 0.25) is 11.8 Å². The van der Waals surface area contributed by atoms with E-state index in [1.54, 1.807) is 0 Å². The van der Waals surface area contributed by atoms with E-state index in [1.807, 2.05) is 58.3 Å². The Labute approximate surface area is 316 Å². The van der Waals surface area contributed by atoms with Crippen LogP contribution in [-0.4, -0.2) is 84.2 Å². The van der Waals surface area contributed by atoms with Gasteiger partial charge in [-0.05, 0) is 85.6 Å². The third-order valence-electron chi connectivity index (χ3n) is 9.74. The van der Waals surface area contributed by atoms with E-state index in [0.717, 1.165) is 130 Å². The maximum atomic E-state index is 12.5. The molecule has 3 aromatic carbocycles. The van der Waals surface area contributed by atoms with Gasteiger partial charge in [-0.2, -0.15) is 10.2 Å². The molecule has 12 nitrogen and oxygen atoms in total. The van der Waals surface area contributed by atoms with Crippen molar-refractivity contribution in [3.8, 4) is 10.6 Å². The van der Waals surface area contributed by atoms with Gasteiger partial charge < -0.3 is 19.6 Å². The lowest BCUT2D eigenvalue weighted by Gasteiger charge is -2.36. The van der Waals surface area contributed by atoms with Crippen LogP contribution in [0, 0.1) is 0 Å². The standard InChI is InChI=1S/C40H50N10O2S/c1-3-5-7-9-37(51)49-27-23-47(24-28-49)35-19-15-33(16-20-35)42-41-32-13-11-31(12-14-32)39-44-46-40(53-39)45-43-34-17-21-36(22-18-34)48-25-29-50(30-26-48)38(52)10-8-6-4-2/h11-22H,3-10,23-30H2,1-2H3. The molecular formula is C40H50N10O2S. The molecule has 0 radical (unpaired) electrons. The molecule has 13 heteroatoms. The number of amides is 2. The Morgan fingerprint density at radius 1 is 0.547 bits per heavy atom. The number of nitrogens with zero attached hydrogens (tertiary/aromatic N) is 10. The van der Waals surface area contributed by atoms with Gasteiger partial charge in [-0.15, -0.1) is 20.4 Å². The van der Waals surface area contributed by atoms with Crippen LogP contribution >= 0.6 is 11.3 Å². The second kappa shape index (κ2) is 19.2. The summed E-state index contributed by atoms with van der Waals surface area (Å²) in [6, 6.07) is 23.8. The number of carbonyl (C=O) groups excluding carboxylic acids is 2. The topological polar surface area (TPSA) is 122 Å². The highest BCUT2D eigenvalue weighted by Gasteiger charge is 2.22. The number of anilines is 2. The van der Waals surface area contributed by atoms with E-state index >= 15 is 0 Å². The minimum absolute atomic E-state index is 0.278. The predicted octanol–water partition coefficient (Wildman–Crippen LogP) is 9.49. The van der Waals surface area contributed by atoms with Gasteiger partial charge >= 0.3 is 0 Å². The second-order valence-corrected chi connectivity index (χ2v) is 14.5. The van der Waals surface area contributed by atoms with Crippen molar-refractivity contribution in [1.29, 1.82) is 0 Å². The van der Waals surface area contributed by atoms with E-state index in [0.29, 0.717) is 18.0 Å². The fraction of sp³-hybridized carbons (Fsp3) is 0.450. The fourth-order valence-corrected chi connectivity index (χ4v) is 7.19. The number of hydrogen-bond acceptors (Lipinski definition) is 11. The Morgan fingerprint density at radius 2 is 0.962 bits per heavy atom. The molecule has 0 aliphatic carbocycles. The molecule has 0 saturated carbocycles. The molecule has 2 aliphatic rings. The minimum atomic E-state index is 0.278. The van der Waals surface area contributed by atoms with Crippen LogP contribution in [0.15, 0.2) is 93.3 Å². The Balaban J connectivity index is 0.946. The minimum Gasteiger partial charge on any atom is -0.368 e. The van der Waals surface area contributed by atoms with Crippen LogP contribution < -0.4 is 9.80 Å². The monoisotopic (exact) mass is 734 g/mol. The highest BCUT2D eigenvalue weighted by atomic mass is 32.1. The molecule has 2 amide bonds.